The summed E-state index contributed by atoms with van der Waals surface area (Å²) >= 11 is 2.77. The number of rotatable bonds is 9. The molecule has 37 heavy (non-hydrogen) atoms. The van der Waals surface area contributed by atoms with Crippen molar-refractivity contribution in [2.45, 2.75) is 31.7 Å². The molecule has 4 aromatic rings. The van der Waals surface area contributed by atoms with E-state index < -0.39 is 0 Å². The molecule has 2 N–H and O–H groups in total. The van der Waals surface area contributed by atoms with E-state index in [9.17, 15) is 9.59 Å². The van der Waals surface area contributed by atoms with Crippen LogP contribution in [0.3, 0.4) is 0 Å². The normalized spacial score (nSPS) is 16.0. The Bertz CT molecular complexity index is 1320. The fraction of sp³-hybridized carbons (Fsp3) is 0.308. The number of aromatic nitrogens is 2. The van der Waals surface area contributed by atoms with E-state index in [2.05, 4.69) is 10.1 Å². The maximum atomic E-state index is 13.4. The average Bonchev–Trinajstić information content (AvgIpc) is 3.73. The van der Waals surface area contributed by atoms with Crippen LogP contribution in [0, 0.1) is 0 Å². The molecule has 0 radical (unpaired) electrons. The van der Waals surface area contributed by atoms with Gasteiger partial charge in [0.1, 0.15) is 11.4 Å². The van der Waals surface area contributed by atoms with Crippen molar-refractivity contribution in [1.82, 2.24) is 20.5 Å². The van der Waals surface area contributed by atoms with Gasteiger partial charge in [-0.25, -0.2) is 10.5 Å². The number of carbonyl (C=O) groups excluding carboxylic acids is 2. The third-order valence-corrected chi connectivity index (χ3v) is 8.11. The molecule has 192 valence electrons. The molecule has 1 aliphatic rings. The first-order valence-corrected chi connectivity index (χ1v) is 13.9. The molecule has 0 spiro atoms. The van der Waals surface area contributed by atoms with E-state index in [1.807, 2.05) is 59.3 Å². The summed E-state index contributed by atoms with van der Waals surface area (Å²) in [6.45, 7) is 1.86. The highest BCUT2D eigenvalue weighted by Gasteiger charge is 2.29. The molecule has 0 bridgehead atoms. The first kappa shape index (κ1) is 25.3. The van der Waals surface area contributed by atoms with E-state index >= 15 is 0 Å². The lowest BCUT2D eigenvalue weighted by Gasteiger charge is -2.34. The number of hydrogen-bond donors (Lipinski definition) is 2. The molecular formula is C26H27N5O4S2. The topological polar surface area (TPSA) is 112 Å². The van der Waals surface area contributed by atoms with Crippen LogP contribution in [0.15, 0.2) is 63.8 Å². The van der Waals surface area contributed by atoms with Gasteiger partial charge in [0.2, 0.25) is 0 Å². The van der Waals surface area contributed by atoms with Crippen molar-refractivity contribution in [2.24, 2.45) is 0 Å². The number of nitrogens with zero attached hydrogens (tertiary/aromatic N) is 4. The molecule has 0 aliphatic carbocycles. The van der Waals surface area contributed by atoms with Gasteiger partial charge in [0.25, 0.3) is 11.8 Å². The third-order valence-electron chi connectivity index (χ3n) is 6.39. The van der Waals surface area contributed by atoms with Gasteiger partial charge in [-0.3, -0.25) is 24.6 Å². The predicted octanol–water partition coefficient (Wildman–Crippen LogP) is 4.92. The quantitative estimate of drug-likeness (QED) is 0.230. The largest absolute Gasteiger partial charge is 0.354 e. The van der Waals surface area contributed by atoms with Crippen LogP contribution >= 0.6 is 22.7 Å². The maximum Gasteiger partial charge on any atom is 0.270 e. The zero-order valence-corrected chi connectivity index (χ0v) is 21.7. The van der Waals surface area contributed by atoms with Crippen LogP contribution < -0.4 is 10.4 Å². The Morgan fingerprint density at radius 1 is 1.14 bits per heavy atom. The Morgan fingerprint density at radius 2 is 2.00 bits per heavy atom. The van der Waals surface area contributed by atoms with E-state index in [1.165, 1.54) is 22.7 Å². The number of hydrogen-bond acceptors (Lipinski definition) is 9. The summed E-state index contributed by atoms with van der Waals surface area (Å²) in [6.07, 6.45) is 3.32. The summed E-state index contributed by atoms with van der Waals surface area (Å²) in [5.74, 6) is 0.0514. The maximum absolute atomic E-state index is 13.4. The molecule has 4 heterocycles. The number of anilines is 1. The minimum atomic E-state index is -0.377. The Morgan fingerprint density at radius 3 is 2.78 bits per heavy atom. The van der Waals surface area contributed by atoms with E-state index in [1.54, 1.807) is 10.4 Å². The number of carbonyl (C=O) groups is 2. The van der Waals surface area contributed by atoms with Gasteiger partial charge in [-0.05, 0) is 37.3 Å². The number of nitrogens with one attached hydrogen (secondary N) is 1. The van der Waals surface area contributed by atoms with Gasteiger partial charge in [-0.1, -0.05) is 48.0 Å². The fourth-order valence-corrected chi connectivity index (χ4v) is 6.03. The highest BCUT2D eigenvalue weighted by molar-refractivity contribution is 7.14. The van der Waals surface area contributed by atoms with Crippen molar-refractivity contribution in [2.75, 3.05) is 24.5 Å². The Hall–Kier alpha value is -3.38. The summed E-state index contributed by atoms with van der Waals surface area (Å²) in [7, 11) is 0. The molecule has 1 aliphatic heterocycles. The molecule has 1 saturated heterocycles. The van der Waals surface area contributed by atoms with Crippen LogP contribution in [0.1, 0.15) is 35.4 Å². The van der Waals surface area contributed by atoms with E-state index in [0.29, 0.717) is 47.4 Å². The van der Waals surface area contributed by atoms with E-state index in [-0.39, 0.29) is 17.9 Å². The molecule has 11 heteroatoms. The summed E-state index contributed by atoms with van der Waals surface area (Å²) in [5, 5.41) is 17.6. The summed E-state index contributed by atoms with van der Waals surface area (Å²) in [5.41, 5.74) is 4.08. The van der Waals surface area contributed by atoms with Gasteiger partial charge in [0.05, 0.1) is 10.9 Å². The minimum Gasteiger partial charge on any atom is -0.354 e. The van der Waals surface area contributed by atoms with Crippen LogP contribution in [-0.4, -0.2) is 57.7 Å². The number of thiophene rings is 1. The predicted molar refractivity (Wildman–Crippen MR) is 143 cm³/mol. The number of benzene rings is 1. The van der Waals surface area contributed by atoms with Gasteiger partial charge in [0, 0.05) is 30.1 Å². The monoisotopic (exact) mass is 537 g/mol. The Labute approximate surface area is 222 Å². The molecule has 0 saturated carbocycles. The number of likely N-dealkylation sites (tertiary alicyclic amines) is 1. The van der Waals surface area contributed by atoms with Crippen molar-refractivity contribution >= 4 is 39.6 Å². The van der Waals surface area contributed by atoms with Crippen molar-refractivity contribution in [3.8, 4) is 22.7 Å². The van der Waals surface area contributed by atoms with Gasteiger partial charge in [-0.2, -0.15) is 0 Å². The lowest BCUT2D eigenvalue weighted by atomic mass is 10.0. The molecule has 1 atom stereocenters. The standard InChI is InChI=1S/C26H27N5O4S2/c32-24(28-34)21-10-4-5-12-30(21)13-7-14-31(25(33)23-11-6-15-36-23)26-27-20(17-37-26)22-16-19(29-35-22)18-8-2-1-3-9-18/h1-3,6,8-9,11,15-17,21,34H,4-5,7,10,12-14H2,(H,28,32)/t21-/m0/s1. The zero-order chi connectivity index (χ0) is 25.6. The van der Waals surface area contributed by atoms with Crippen molar-refractivity contribution in [3.63, 3.8) is 0 Å². The van der Waals surface area contributed by atoms with Gasteiger partial charge < -0.3 is 4.52 Å². The van der Waals surface area contributed by atoms with Gasteiger partial charge >= 0.3 is 0 Å². The summed E-state index contributed by atoms with van der Waals surface area (Å²) < 4.78 is 5.56. The van der Waals surface area contributed by atoms with Crippen LogP contribution in [0.5, 0.6) is 0 Å². The lowest BCUT2D eigenvalue weighted by Crippen LogP contribution is -2.49. The van der Waals surface area contributed by atoms with E-state index in [0.717, 1.165) is 30.6 Å². The molecule has 1 fully saturated rings. The summed E-state index contributed by atoms with van der Waals surface area (Å²) in [6, 6.07) is 14.9. The number of hydroxylamine groups is 1. The second-order valence-electron chi connectivity index (χ2n) is 8.77. The zero-order valence-electron chi connectivity index (χ0n) is 20.1. The number of thiazole rings is 1. The highest BCUT2D eigenvalue weighted by atomic mass is 32.1. The lowest BCUT2D eigenvalue weighted by molar-refractivity contribution is -0.136. The van der Waals surface area contributed by atoms with Gasteiger partial charge in [0.15, 0.2) is 10.9 Å². The van der Waals surface area contributed by atoms with Crippen LogP contribution in [-0.2, 0) is 4.79 Å². The van der Waals surface area contributed by atoms with Crippen molar-refractivity contribution in [1.29, 1.82) is 0 Å². The summed E-state index contributed by atoms with van der Waals surface area (Å²) in [4.78, 5) is 34.6. The second-order valence-corrected chi connectivity index (χ2v) is 10.6. The van der Waals surface area contributed by atoms with Crippen molar-refractivity contribution in [3.05, 3.63) is 64.2 Å². The first-order chi connectivity index (χ1) is 18.1. The molecular weight excluding hydrogens is 510 g/mol. The number of amides is 2. The minimum absolute atomic E-state index is 0.110. The Balaban J connectivity index is 1.32. The molecule has 5 rings (SSSR count). The fourth-order valence-electron chi connectivity index (χ4n) is 4.52. The Kier molecular flexibility index (Phi) is 8.05. The van der Waals surface area contributed by atoms with E-state index in [4.69, 9.17) is 14.7 Å². The van der Waals surface area contributed by atoms with Crippen LogP contribution in [0.25, 0.3) is 22.7 Å². The molecule has 0 unspecified atom stereocenters. The molecule has 3 aromatic heterocycles. The molecule has 2 amide bonds. The average molecular weight is 538 g/mol. The third kappa shape index (κ3) is 5.80. The first-order valence-electron chi connectivity index (χ1n) is 12.2. The SMILES string of the molecule is O=C(NO)[C@@H]1CCCCN1CCCN(C(=O)c1cccs1)c1nc(-c2cc(-c3ccccc3)no2)cs1. The van der Waals surface area contributed by atoms with Crippen LogP contribution in [0.4, 0.5) is 5.13 Å². The molecule has 9 nitrogen and oxygen atoms in total. The number of piperidine rings is 1. The highest BCUT2D eigenvalue weighted by Crippen LogP contribution is 2.31. The smallest absolute Gasteiger partial charge is 0.270 e. The van der Waals surface area contributed by atoms with Crippen molar-refractivity contribution < 1.29 is 19.3 Å². The molecule has 1 aromatic carbocycles. The second kappa shape index (κ2) is 11.8. The van der Waals surface area contributed by atoms with Crippen LogP contribution in [0.2, 0.25) is 0 Å². The van der Waals surface area contributed by atoms with Gasteiger partial charge in [-0.15, -0.1) is 22.7 Å².